The summed E-state index contributed by atoms with van der Waals surface area (Å²) in [6, 6.07) is 0. The van der Waals surface area contributed by atoms with Crippen molar-refractivity contribution in [3.63, 3.8) is 0 Å². The van der Waals surface area contributed by atoms with E-state index in [4.69, 9.17) is 15.3 Å². The lowest BCUT2D eigenvalue weighted by molar-refractivity contribution is -0.898. The Kier molecular flexibility index (Phi) is 4.63. The minimum atomic E-state index is -3.45. The molecular weight excluding hydrogens is 220 g/mol. The molecule has 0 saturated carbocycles. The molecule has 0 aliphatic carbocycles. The number of aliphatic hydroxyl groups is 3. The molecule has 0 aliphatic rings. The van der Waals surface area contributed by atoms with Crippen LogP contribution in [0.25, 0.3) is 0 Å². The minimum absolute atomic E-state index is 0.613. The summed E-state index contributed by atoms with van der Waals surface area (Å²) in [4.78, 5) is 26.5. The molecule has 0 spiro atoms. The smallest absolute Gasteiger partial charge is 0.390 e. The highest BCUT2D eigenvalue weighted by molar-refractivity contribution is 4.64. The Bertz CT molecular complexity index is 226. The maximum absolute atomic E-state index is 9.85. The lowest BCUT2D eigenvalue weighted by Crippen LogP contribution is -2.50. The first-order valence-electron chi connectivity index (χ1n) is 3.50. The monoisotopic (exact) mass is 228 g/mol. The Morgan fingerprint density at radius 3 is 1.93 bits per heavy atom. The van der Waals surface area contributed by atoms with Gasteiger partial charge in [-0.05, 0) is 0 Å². The van der Waals surface area contributed by atoms with Crippen molar-refractivity contribution in [3.8, 4) is 0 Å². The number of hydrogen-bond acceptors (Lipinski definition) is 9. The summed E-state index contributed by atoms with van der Waals surface area (Å²) in [5.41, 5.74) is 0. The third kappa shape index (κ3) is 4.35. The zero-order valence-electron chi connectivity index (χ0n) is 7.18. The van der Waals surface area contributed by atoms with Crippen molar-refractivity contribution in [2.75, 3.05) is 6.61 Å². The molecule has 1 atom stereocenters. The molecule has 0 saturated heterocycles. The standard InChI is InChI=1S/C4H8N2O9/c7-2-1-3(8)4(9,14-5(10)11)15-6(12)13/h3,7-9H,1-2H2. The maximum Gasteiger partial charge on any atom is 0.390 e. The van der Waals surface area contributed by atoms with Crippen LogP contribution in [0.4, 0.5) is 0 Å². The topological polar surface area (TPSA) is 165 Å². The summed E-state index contributed by atoms with van der Waals surface area (Å²) in [7, 11) is 0. The molecular formula is C4H8N2O9. The molecule has 0 amide bonds. The fourth-order valence-corrected chi connectivity index (χ4v) is 0.657. The average Bonchev–Trinajstić information content (AvgIpc) is 2.01. The van der Waals surface area contributed by atoms with Crippen molar-refractivity contribution in [2.45, 2.75) is 18.5 Å². The van der Waals surface area contributed by atoms with Crippen LogP contribution in [-0.2, 0) is 9.68 Å². The van der Waals surface area contributed by atoms with Gasteiger partial charge in [0.2, 0.25) is 0 Å². The van der Waals surface area contributed by atoms with Crippen LogP contribution in [0.15, 0.2) is 0 Å². The van der Waals surface area contributed by atoms with E-state index in [-0.39, 0.29) is 0 Å². The molecule has 11 heteroatoms. The molecule has 0 radical (unpaired) electrons. The zero-order valence-corrected chi connectivity index (χ0v) is 7.18. The molecule has 3 N–H and O–H groups in total. The molecule has 0 aromatic rings. The van der Waals surface area contributed by atoms with Crippen molar-refractivity contribution in [2.24, 2.45) is 0 Å². The van der Waals surface area contributed by atoms with E-state index in [0.29, 0.717) is 0 Å². The van der Waals surface area contributed by atoms with Gasteiger partial charge in [-0.3, -0.25) is 0 Å². The van der Waals surface area contributed by atoms with Crippen LogP contribution >= 0.6 is 0 Å². The molecule has 0 aliphatic heterocycles. The average molecular weight is 228 g/mol. The molecule has 11 nitrogen and oxygen atoms in total. The van der Waals surface area contributed by atoms with Crippen LogP contribution < -0.4 is 0 Å². The molecule has 0 heterocycles. The second-order valence-corrected chi connectivity index (χ2v) is 2.29. The normalized spacial score (nSPS) is 13.0. The van der Waals surface area contributed by atoms with E-state index in [1.54, 1.807) is 0 Å². The SMILES string of the molecule is O=[N+]([O-])OC(O)(O[N+](=O)[O-])C(O)CCO. The van der Waals surface area contributed by atoms with Crippen LogP contribution in [-0.4, -0.2) is 44.2 Å². The largest absolute Gasteiger partial charge is 0.396 e. The Hall–Kier alpha value is -1.72. The van der Waals surface area contributed by atoms with Crippen molar-refractivity contribution in [3.05, 3.63) is 20.2 Å². The van der Waals surface area contributed by atoms with Crippen molar-refractivity contribution in [1.82, 2.24) is 0 Å². The van der Waals surface area contributed by atoms with E-state index >= 15 is 0 Å². The van der Waals surface area contributed by atoms with Gasteiger partial charge in [-0.1, -0.05) is 0 Å². The van der Waals surface area contributed by atoms with Crippen molar-refractivity contribution < 1.29 is 35.2 Å². The maximum atomic E-state index is 9.85. The van der Waals surface area contributed by atoms with Gasteiger partial charge in [-0.25, -0.2) is 9.68 Å². The highest BCUT2D eigenvalue weighted by Gasteiger charge is 2.44. The molecule has 15 heavy (non-hydrogen) atoms. The van der Waals surface area contributed by atoms with E-state index in [9.17, 15) is 20.2 Å². The molecule has 0 rings (SSSR count). The number of aliphatic hydroxyl groups excluding tert-OH is 2. The molecule has 0 fully saturated rings. The Morgan fingerprint density at radius 2 is 1.67 bits per heavy atom. The minimum Gasteiger partial charge on any atom is -0.396 e. The van der Waals surface area contributed by atoms with Crippen LogP contribution in [0, 0.1) is 20.2 Å². The Morgan fingerprint density at radius 1 is 1.27 bits per heavy atom. The van der Waals surface area contributed by atoms with Gasteiger partial charge in [0.05, 0.1) is 0 Å². The predicted octanol–water partition coefficient (Wildman–Crippen LogP) is -2.21. The first-order chi connectivity index (χ1) is 6.81. The second-order valence-electron chi connectivity index (χ2n) is 2.29. The van der Waals surface area contributed by atoms with Crippen molar-refractivity contribution >= 4 is 0 Å². The third-order valence-corrected chi connectivity index (χ3v) is 1.23. The fourth-order valence-electron chi connectivity index (χ4n) is 0.657. The van der Waals surface area contributed by atoms with E-state index in [2.05, 4.69) is 9.68 Å². The zero-order chi connectivity index (χ0) is 12.1. The van der Waals surface area contributed by atoms with Crippen LogP contribution in [0.1, 0.15) is 6.42 Å². The molecule has 0 bridgehead atoms. The van der Waals surface area contributed by atoms with Gasteiger partial charge in [0, 0.05) is 13.0 Å². The summed E-state index contributed by atoms with van der Waals surface area (Å²) in [6.45, 7) is -0.689. The summed E-state index contributed by atoms with van der Waals surface area (Å²) in [6.07, 6.45) is -2.77. The number of hydrogen-bond donors (Lipinski definition) is 3. The van der Waals surface area contributed by atoms with Gasteiger partial charge in [0.15, 0.2) is 0 Å². The van der Waals surface area contributed by atoms with E-state index in [1.165, 1.54) is 0 Å². The van der Waals surface area contributed by atoms with Crippen LogP contribution in [0.3, 0.4) is 0 Å². The quantitative estimate of drug-likeness (QED) is 0.248. The molecule has 0 aromatic carbocycles. The van der Waals surface area contributed by atoms with Gasteiger partial charge in [0.1, 0.15) is 6.10 Å². The Balaban J connectivity index is 4.66. The highest BCUT2D eigenvalue weighted by atomic mass is 17.1. The summed E-state index contributed by atoms with van der Waals surface area (Å²) < 4.78 is 0. The summed E-state index contributed by atoms with van der Waals surface area (Å²) >= 11 is 0. The third-order valence-electron chi connectivity index (χ3n) is 1.23. The summed E-state index contributed by atoms with van der Waals surface area (Å²) in [5.74, 6) is -3.45. The molecule has 1 unspecified atom stereocenters. The molecule has 0 aromatic heterocycles. The van der Waals surface area contributed by atoms with Gasteiger partial charge in [0.25, 0.3) is 10.2 Å². The lowest BCUT2D eigenvalue weighted by atomic mass is 10.2. The first-order valence-corrected chi connectivity index (χ1v) is 3.50. The first kappa shape index (κ1) is 13.3. The van der Waals surface area contributed by atoms with Gasteiger partial charge >= 0.3 is 5.97 Å². The van der Waals surface area contributed by atoms with Gasteiger partial charge < -0.3 is 15.3 Å². The lowest BCUT2D eigenvalue weighted by Gasteiger charge is -2.26. The van der Waals surface area contributed by atoms with Crippen LogP contribution in [0.5, 0.6) is 0 Å². The van der Waals surface area contributed by atoms with E-state index in [0.717, 1.165) is 0 Å². The van der Waals surface area contributed by atoms with Crippen LogP contribution in [0.2, 0.25) is 0 Å². The summed E-state index contributed by atoms with van der Waals surface area (Å²) in [5, 5.41) is 43.0. The van der Waals surface area contributed by atoms with E-state index < -0.39 is 35.3 Å². The van der Waals surface area contributed by atoms with Gasteiger partial charge in [-0.15, -0.1) is 20.2 Å². The second kappa shape index (κ2) is 5.23. The molecule has 88 valence electrons. The fraction of sp³-hybridized carbons (Fsp3) is 1.00. The predicted molar refractivity (Wildman–Crippen MR) is 38.8 cm³/mol. The van der Waals surface area contributed by atoms with Crippen molar-refractivity contribution in [1.29, 1.82) is 0 Å². The number of nitrogens with zero attached hydrogens (tertiary/aromatic N) is 2. The van der Waals surface area contributed by atoms with E-state index in [1.807, 2.05) is 0 Å². The number of rotatable bonds is 7. The highest BCUT2D eigenvalue weighted by Crippen LogP contribution is 2.17. The van der Waals surface area contributed by atoms with Gasteiger partial charge in [-0.2, -0.15) is 0 Å². The Labute approximate surface area is 81.7 Å².